The lowest BCUT2D eigenvalue weighted by Gasteiger charge is -2.05. The monoisotopic (exact) mass is 115 g/mol. The predicted octanol–water partition coefficient (Wildman–Crippen LogP) is -0.208. The molecule has 0 aromatic rings. The Morgan fingerprint density at radius 2 is 2.38 bits per heavy atom. The summed E-state index contributed by atoms with van der Waals surface area (Å²) in [4.78, 5) is 0. The third kappa shape index (κ3) is 1.78. The van der Waals surface area contributed by atoms with Crippen molar-refractivity contribution < 1.29 is 4.74 Å². The molecule has 1 rings (SSSR count). The SMILES string of the molecule is N[C]1NCCCCO1. The van der Waals surface area contributed by atoms with Crippen LogP contribution in [-0.4, -0.2) is 13.2 Å². The smallest absolute Gasteiger partial charge is 0.231 e. The van der Waals surface area contributed by atoms with Gasteiger partial charge in [0.15, 0.2) is 0 Å². The van der Waals surface area contributed by atoms with E-state index in [1.54, 1.807) is 0 Å². The predicted molar refractivity (Wildman–Crippen MR) is 30.6 cm³/mol. The minimum absolute atomic E-state index is 0.475. The molecule has 0 atom stereocenters. The van der Waals surface area contributed by atoms with Gasteiger partial charge in [0.1, 0.15) is 0 Å². The van der Waals surface area contributed by atoms with Crippen molar-refractivity contribution in [2.75, 3.05) is 13.2 Å². The standard InChI is InChI=1S/C5H11N2O/c6-5-7-3-1-2-4-8-5/h7H,1-4,6H2. The molecule has 0 bridgehead atoms. The van der Waals surface area contributed by atoms with Gasteiger partial charge in [0.2, 0.25) is 6.35 Å². The zero-order valence-corrected chi connectivity index (χ0v) is 4.81. The molecule has 0 aliphatic carbocycles. The molecule has 1 saturated heterocycles. The molecular weight excluding hydrogens is 104 g/mol. The first-order chi connectivity index (χ1) is 3.89. The zero-order chi connectivity index (χ0) is 5.82. The van der Waals surface area contributed by atoms with Crippen LogP contribution in [0.4, 0.5) is 0 Å². The highest BCUT2D eigenvalue weighted by Crippen LogP contribution is 1.98. The van der Waals surface area contributed by atoms with Crippen molar-refractivity contribution in [2.45, 2.75) is 12.8 Å². The van der Waals surface area contributed by atoms with Gasteiger partial charge in [0.05, 0.1) is 6.61 Å². The molecule has 1 aliphatic rings. The number of ether oxygens (including phenoxy) is 1. The molecule has 0 unspecified atom stereocenters. The Hall–Kier alpha value is -0.120. The van der Waals surface area contributed by atoms with E-state index in [-0.39, 0.29) is 0 Å². The van der Waals surface area contributed by atoms with Crippen molar-refractivity contribution >= 4 is 0 Å². The lowest BCUT2D eigenvalue weighted by atomic mass is 10.3. The molecule has 1 aliphatic heterocycles. The summed E-state index contributed by atoms with van der Waals surface area (Å²) >= 11 is 0. The van der Waals surface area contributed by atoms with Crippen LogP contribution in [0.15, 0.2) is 0 Å². The second-order valence-corrected chi connectivity index (χ2v) is 1.85. The minimum atomic E-state index is 0.475. The van der Waals surface area contributed by atoms with Gasteiger partial charge in [-0.05, 0) is 19.4 Å². The normalized spacial score (nSPS) is 25.1. The lowest BCUT2D eigenvalue weighted by Crippen LogP contribution is -2.29. The van der Waals surface area contributed by atoms with Crippen LogP contribution in [0.2, 0.25) is 0 Å². The van der Waals surface area contributed by atoms with E-state index in [2.05, 4.69) is 5.32 Å². The van der Waals surface area contributed by atoms with Crippen LogP contribution in [0.5, 0.6) is 0 Å². The Labute approximate surface area is 49.2 Å². The highest BCUT2D eigenvalue weighted by atomic mass is 16.5. The highest BCUT2D eigenvalue weighted by molar-refractivity contribution is 4.67. The molecular formula is C5H11N2O. The van der Waals surface area contributed by atoms with Crippen LogP contribution < -0.4 is 11.1 Å². The second-order valence-electron chi connectivity index (χ2n) is 1.85. The molecule has 1 heterocycles. The van der Waals surface area contributed by atoms with Gasteiger partial charge in [0.25, 0.3) is 0 Å². The van der Waals surface area contributed by atoms with Crippen LogP contribution in [0.25, 0.3) is 0 Å². The molecule has 8 heavy (non-hydrogen) atoms. The molecule has 3 N–H and O–H groups in total. The van der Waals surface area contributed by atoms with Crippen LogP contribution in [0.1, 0.15) is 12.8 Å². The summed E-state index contributed by atoms with van der Waals surface area (Å²) in [5.41, 5.74) is 5.32. The van der Waals surface area contributed by atoms with Crippen LogP contribution in [0, 0.1) is 6.35 Å². The first kappa shape index (κ1) is 6.01. The summed E-state index contributed by atoms with van der Waals surface area (Å²) < 4.78 is 4.99. The van der Waals surface area contributed by atoms with E-state index in [0.29, 0.717) is 6.35 Å². The molecule has 0 aromatic carbocycles. The summed E-state index contributed by atoms with van der Waals surface area (Å²) in [5, 5.41) is 2.92. The van der Waals surface area contributed by atoms with Crippen molar-refractivity contribution in [2.24, 2.45) is 5.73 Å². The fourth-order valence-corrected chi connectivity index (χ4v) is 0.672. The van der Waals surface area contributed by atoms with E-state index in [1.165, 1.54) is 0 Å². The molecule has 0 saturated carbocycles. The van der Waals surface area contributed by atoms with Crippen molar-refractivity contribution in [1.82, 2.24) is 5.32 Å². The van der Waals surface area contributed by atoms with Gasteiger partial charge in [-0.3, -0.25) is 11.1 Å². The third-order valence-electron chi connectivity index (χ3n) is 1.13. The molecule has 1 fully saturated rings. The molecule has 0 spiro atoms. The summed E-state index contributed by atoms with van der Waals surface area (Å²) in [6.07, 6.45) is 2.73. The van der Waals surface area contributed by atoms with Gasteiger partial charge >= 0.3 is 0 Å². The van der Waals surface area contributed by atoms with Crippen molar-refractivity contribution in [3.8, 4) is 0 Å². The molecule has 3 heteroatoms. The second kappa shape index (κ2) is 3.02. The fraction of sp³-hybridized carbons (Fsp3) is 0.800. The van der Waals surface area contributed by atoms with E-state index in [1.807, 2.05) is 0 Å². The summed E-state index contributed by atoms with van der Waals surface area (Å²) in [7, 11) is 0. The maximum absolute atomic E-state index is 5.32. The third-order valence-corrected chi connectivity index (χ3v) is 1.13. The Morgan fingerprint density at radius 1 is 1.50 bits per heavy atom. The Balaban J connectivity index is 2.17. The van der Waals surface area contributed by atoms with E-state index in [4.69, 9.17) is 10.5 Å². The molecule has 0 aromatic heterocycles. The van der Waals surface area contributed by atoms with Crippen molar-refractivity contribution in [1.29, 1.82) is 0 Å². The van der Waals surface area contributed by atoms with Gasteiger partial charge in [-0.1, -0.05) is 0 Å². The Morgan fingerprint density at radius 3 is 3.25 bits per heavy atom. The number of rotatable bonds is 0. The average molecular weight is 115 g/mol. The summed E-state index contributed by atoms with van der Waals surface area (Å²) in [5.74, 6) is 0. The van der Waals surface area contributed by atoms with Crippen LogP contribution in [0.3, 0.4) is 0 Å². The van der Waals surface area contributed by atoms with Gasteiger partial charge in [0, 0.05) is 0 Å². The van der Waals surface area contributed by atoms with E-state index in [0.717, 1.165) is 26.0 Å². The first-order valence-corrected chi connectivity index (χ1v) is 2.89. The van der Waals surface area contributed by atoms with Gasteiger partial charge in [-0.25, -0.2) is 0 Å². The summed E-state index contributed by atoms with van der Waals surface area (Å²) in [6.45, 7) is 1.71. The maximum Gasteiger partial charge on any atom is 0.231 e. The van der Waals surface area contributed by atoms with E-state index < -0.39 is 0 Å². The number of nitrogens with two attached hydrogens (primary N) is 1. The molecule has 47 valence electrons. The Bertz CT molecular complexity index is 59.4. The minimum Gasteiger partial charge on any atom is -0.343 e. The maximum atomic E-state index is 5.32. The van der Waals surface area contributed by atoms with Crippen LogP contribution >= 0.6 is 0 Å². The van der Waals surface area contributed by atoms with Gasteiger partial charge < -0.3 is 4.74 Å². The van der Waals surface area contributed by atoms with Gasteiger partial charge in [-0.15, -0.1) is 0 Å². The molecule has 1 radical (unpaired) electrons. The fourth-order valence-electron chi connectivity index (χ4n) is 0.672. The number of nitrogens with one attached hydrogen (secondary N) is 1. The quantitative estimate of drug-likeness (QED) is 0.459. The number of hydrogen-bond acceptors (Lipinski definition) is 3. The van der Waals surface area contributed by atoms with E-state index >= 15 is 0 Å². The van der Waals surface area contributed by atoms with Crippen LogP contribution in [-0.2, 0) is 4.74 Å². The van der Waals surface area contributed by atoms with Crippen molar-refractivity contribution in [3.05, 3.63) is 6.35 Å². The summed E-state index contributed by atoms with van der Waals surface area (Å²) in [6, 6.07) is 0. The molecule has 3 nitrogen and oxygen atoms in total. The van der Waals surface area contributed by atoms with E-state index in [9.17, 15) is 0 Å². The largest absolute Gasteiger partial charge is 0.343 e. The topological polar surface area (TPSA) is 47.3 Å². The lowest BCUT2D eigenvalue weighted by molar-refractivity contribution is 0.135. The number of hydrogen-bond donors (Lipinski definition) is 2. The Kier molecular flexibility index (Phi) is 2.27. The first-order valence-electron chi connectivity index (χ1n) is 2.89. The van der Waals surface area contributed by atoms with Crippen molar-refractivity contribution in [3.63, 3.8) is 0 Å². The van der Waals surface area contributed by atoms with Gasteiger partial charge in [-0.2, -0.15) is 0 Å². The molecule has 0 amide bonds. The highest BCUT2D eigenvalue weighted by Gasteiger charge is 2.05. The zero-order valence-electron chi connectivity index (χ0n) is 4.81. The average Bonchev–Trinajstić information content (AvgIpc) is 1.94.